The van der Waals surface area contributed by atoms with Crippen LogP contribution in [-0.4, -0.2) is 57.0 Å². The monoisotopic (exact) mass is 324 g/mol. The normalized spacial score (nSPS) is 19.0. The maximum absolute atomic E-state index is 11.3. The minimum atomic E-state index is -2.82. The highest BCUT2D eigenvalue weighted by molar-refractivity contribution is 7.91. The number of aryl methyl sites for hydroxylation is 1. The van der Waals surface area contributed by atoms with Gasteiger partial charge in [0.25, 0.3) is 0 Å². The van der Waals surface area contributed by atoms with Crippen LogP contribution in [-0.2, 0) is 16.3 Å². The van der Waals surface area contributed by atoms with Gasteiger partial charge in [0.05, 0.1) is 18.1 Å². The molecular formula is C15H24N4O2S. The lowest BCUT2D eigenvalue weighted by atomic mass is 10.1. The molecule has 7 heteroatoms. The van der Waals surface area contributed by atoms with E-state index < -0.39 is 9.84 Å². The van der Waals surface area contributed by atoms with Crippen LogP contribution < -0.4 is 11.1 Å². The maximum Gasteiger partial charge on any atom is 0.193 e. The van der Waals surface area contributed by atoms with Gasteiger partial charge in [-0.3, -0.25) is 9.89 Å². The Morgan fingerprint density at radius 3 is 2.77 bits per heavy atom. The Labute approximate surface area is 132 Å². The zero-order chi connectivity index (χ0) is 16.0. The average Bonchev–Trinajstić information content (AvgIpc) is 2.49. The van der Waals surface area contributed by atoms with E-state index in [1.807, 2.05) is 12.1 Å². The molecule has 6 nitrogen and oxygen atoms in total. The minimum Gasteiger partial charge on any atom is -0.370 e. The first-order valence-electron chi connectivity index (χ1n) is 7.57. The van der Waals surface area contributed by atoms with Crippen LogP contribution >= 0.6 is 0 Å². The molecule has 22 heavy (non-hydrogen) atoms. The first-order chi connectivity index (χ1) is 10.5. The Bertz CT molecular complexity index is 614. The molecule has 122 valence electrons. The first kappa shape index (κ1) is 16.8. The van der Waals surface area contributed by atoms with Crippen molar-refractivity contribution >= 4 is 21.5 Å². The SMILES string of the molecule is CCc1cccc(NC(N)=NCCN2CCS(=O)(=O)CC2)c1. The second-order valence-corrected chi connectivity index (χ2v) is 7.74. The molecule has 1 aromatic rings. The highest BCUT2D eigenvalue weighted by Crippen LogP contribution is 2.10. The first-order valence-corrected chi connectivity index (χ1v) is 9.39. The highest BCUT2D eigenvalue weighted by Gasteiger charge is 2.20. The Balaban J connectivity index is 1.78. The Morgan fingerprint density at radius 2 is 2.09 bits per heavy atom. The van der Waals surface area contributed by atoms with Crippen LogP contribution in [0, 0.1) is 0 Å². The van der Waals surface area contributed by atoms with Crippen LogP contribution in [0.4, 0.5) is 5.69 Å². The second-order valence-electron chi connectivity index (χ2n) is 5.44. The number of benzene rings is 1. The Morgan fingerprint density at radius 1 is 1.36 bits per heavy atom. The van der Waals surface area contributed by atoms with E-state index in [-0.39, 0.29) is 11.5 Å². The van der Waals surface area contributed by atoms with E-state index in [9.17, 15) is 8.42 Å². The third-order valence-corrected chi connectivity index (χ3v) is 5.35. The van der Waals surface area contributed by atoms with Gasteiger partial charge in [-0.1, -0.05) is 19.1 Å². The molecule has 3 N–H and O–H groups in total. The van der Waals surface area contributed by atoms with Gasteiger partial charge in [0.2, 0.25) is 0 Å². The molecule has 0 aromatic heterocycles. The Kier molecular flexibility index (Phi) is 5.79. The number of rotatable bonds is 5. The van der Waals surface area contributed by atoms with Crippen molar-refractivity contribution in [3.63, 3.8) is 0 Å². The van der Waals surface area contributed by atoms with Crippen molar-refractivity contribution in [2.45, 2.75) is 13.3 Å². The van der Waals surface area contributed by atoms with Gasteiger partial charge in [0.1, 0.15) is 0 Å². The molecular weight excluding hydrogens is 300 g/mol. The number of nitrogens with two attached hydrogens (primary N) is 1. The van der Waals surface area contributed by atoms with Crippen LogP contribution in [0.15, 0.2) is 29.3 Å². The molecule has 2 rings (SSSR count). The number of sulfone groups is 1. The van der Waals surface area contributed by atoms with Crippen molar-refractivity contribution in [3.8, 4) is 0 Å². The summed E-state index contributed by atoms with van der Waals surface area (Å²) in [6.45, 7) is 4.57. The van der Waals surface area contributed by atoms with Crippen LogP contribution in [0.1, 0.15) is 12.5 Å². The number of nitrogens with zero attached hydrogens (tertiary/aromatic N) is 2. The fourth-order valence-corrected chi connectivity index (χ4v) is 3.62. The zero-order valence-electron chi connectivity index (χ0n) is 13.0. The minimum absolute atomic E-state index is 0.244. The topological polar surface area (TPSA) is 87.8 Å². The molecule has 1 saturated heterocycles. The molecule has 0 atom stereocenters. The van der Waals surface area contributed by atoms with Crippen LogP contribution in [0.3, 0.4) is 0 Å². The van der Waals surface area contributed by atoms with Gasteiger partial charge in [-0.2, -0.15) is 0 Å². The summed E-state index contributed by atoms with van der Waals surface area (Å²) in [7, 11) is -2.82. The van der Waals surface area contributed by atoms with Gasteiger partial charge in [-0.25, -0.2) is 8.42 Å². The van der Waals surface area contributed by atoms with Gasteiger partial charge in [0, 0.05) is 25.3 Å². The molecule has 0 bridgehead atoms. The number of hydrogen-bond donors (Lipinski definition) is 2. The molecule has 1 heterocycles. The maximum atomic E-state index is 11.3. The van der Waals surface area contributed by atoms with E-state index in [1.165, 1.54) is 5.56 Å². The third kappa shape index (κ3) is 5.31. The molecule has 0 spiro atoms. The van der Waals surface area contributed by atoms with Crippen LogP contribution in [0.2, 0.25) is 0 Å². The van der Waals surface area contributed by atoms with Gasteiger partial charge in [0.15, 0.2) is 15.8 Å². The number of nitrogens with one attached hydrogen (secondary N) is 1. The summed E-state index contributed by atoms with van der Waals surface area (Å²) in [6, 6.07) is 8.07. The molecule has 1 fully saturated rings. The van der Waals surface area contributed by atoms with Crippen molar-refractivity contribution in [2.75, 3.05) is 43.0 Å². The molecule has 0 aliphatic carbocycles. The predicted molar refractivity (Wildman–Crippen MR) is 91.0 cm³/mol. The zero-order valence-corrected chi connectivity index (χ0v) is 13.8. The van der Waals surface area contributed by atoms with E-state index >= 15 is 0 Å². The lowest BCUT2D eigenvalue weighted by molar-refractivity contribution is 0.304. The molecule has 0 amide bonds. The summed E-state index contributed by atoms with van der Waals surface area (Å²) < 4.78 is 22.7. The molecule has 1 aliphatic rings. The predicted octanol–water partition coefficient (Wildman–Crippen LogP) is 0.706. The molecule has 0 saturated carbocycles. The van der Waals surface area contributed by atoms with Gasteiger partial charge in [-0.05, 0) is 24.1 Å². The second kappa shape index (κ2) is 7.60. The van der Waals surface area contributed by atoms with Gasteiger partial charge < -0.3 is 11.1 Å². The summed E-state index contributed by atoms with van der Waals surface area (Å²) >= 11 is 0. The molecule has 1 aliphatic heterocycles. The van der Waals surface area contributed by atoms with E-state index in [2.05, 4.69) is 34.3 Å². The van der Waals surface area contributed by atoms with E-state index in [0.717, 1.165) is 18.7 Å². The van der Waals surface area contributed by atoms with Gasteiger partial charge in [-0.15, -0.1) is 0 Å². The smallest absolute Gasteiger partial charge is 0.193 e. The van der Waals surface area contributed by atoms with E-state index in [4.69, 9.17) is 5.73 Å². The largest absolute Gasteiger partial charge is 0.370 e. The molecule has 1 aromatic carbocycles. The van der Waals surface area contributed by atoms with Crippen LogP contribution in [0.5, 0.6) is 0 Å². The summed E-state index contributed by atoms with van der Waals surface area (Å²) in [5, 5.41) is 3.08. The van der Waals surface area contributed by atoms with Gasteiger partial charge >= 0.3 is 0 Å². The summed E-state index contributed by atoms with van der Waals surface area (Å²) in [6.07, 6.45) is 0.977. The number of guanidine groups is 1. The highest BCUT2D eigenvalue weighted by atomic mass is 32.2. The molecule has 0 unspecified atom stereocenters. The lowest BCUT2D eigenvalue weighted by Gasteiger charge is -2.25. The third-order valence-electron chi connectivity index (χ3n) is 3.74. The lowest BCUT2D eigenvalue weighted by Crippen LogP contribution is -2.41. The summed E-state index contributed by atoms with van der Waals surface area (Å²) in [4.78, 5) is 6.40. The van der Waals surface area contributed by atoms with Crippen molar-refractivity contribution in [2.24, 2.45) is 10.7 Å². The quantitative estimate of drug-likeness (QED) is 0.615. The van der Waals surface area contributed by atoms with E-state index in [0.29, 0.717) is 25.6 Å². The average molecular weight is 324 g/mol. The number of hydrogen-bond acceptors (Lipinski definition) is 4. The van der Waals surface area contributed by atoms with Crippen molar-refractivity contribution in [3.05, 3.63) is 29.8 Å². The standard InChI is InChI=1S/C15H24N4O2S/c1-2-13-4-3-5-14(12-13)18-15(16)17-6-7-19-8-10-22(20,21)11-9-19/h3-5,12H,2,6-11H2,1H3,(H3,16,17,18). The fraction of sp³-hybridized carbons (Fsp3) is 0.533. The fourth-order valence-electron chi connectivity index (χ4n) is 2.34. The van der Waals surface area contributed by atoms with E-state index in [1.54, 1.807) is 0 Å². The number of aliphatic imine (C=N–C) groups is 1. The summed E-state index contributed by atoms with van der Waals surface area (Å²) in [5.41, 5.74) is 8.06. The molecule has 0 radical (unpaired) electrons. The summed E-state index contributed by atoms with van der Waals surface area (Å²) in [5.74, 6) is 0.876. The number of anilines is 1. The van der Waals surface area contributed by atoms with Crippen molar-refractivity contribution in [1.29, 1.82) is 0 Å². The van der Waals surface area contributed by atoms with Crippen LogP contribution in [0.25, 0.3) is 0 Å². The Hall–Kier alpha value is -1.60. The van der Waals surface area contributed by atoms with Crippen molar-refractivity contribution < 1.29 is 8.42 Å². The van der Waals surface area contributed by atoms with Crippen molar-refractivity contribution in [1.82, 2.24) is 4.90 Å².